The fraction of sp³-hybridized carbons (Fsp3) is 0.364. The number of rotatable bonds is 5. The molecule has 2 aromatic rings. The maximum absolute atomic E-state index is 12.5. The number of carbonyl (C=O) groups excluding carboxylic acids is 2. The van der Waals surface area contributed by atoms with Gasteiger partial charge in [0.2, 0.25) is 5.91 Å². The van der Waals surface area contributed by atoms with Gasteiger partial charge in [-0.15, -0.1) is 0 Å². The predicted octanol–water partition coefficient (Wildman–Crippen LogP) is 3.63. The van der Waals surface area contributed by atoms with E-state index in [4.69, 9.17) is 4.74 Å². The van der Waals surface area contributed by atoms with Crippen molar-refractivity contribution in [1.29, 1.82) is 0 Å². The topological polar surface area (TPSA) is 58.6 Å². The SMILES string of the molecule is Cc1ccc(N2C[C@@H](NC(=O)c3ccc(OC(C)C)cc3)CC2=O)cc1C. The van der Waals surface area contributed by atoms with Gasteiger partial charge < -0.3 is 15.0 Å². The molecule has 0 radical (unpaired) electrons. The minimum absolute atomic E-state index is 0.0317. The van der Waals surface area contributed by atoms with Crippen molar-refractivity contribution in [1.82, 2.24) is 5.32 Å². The van der Waals surface area contributed by atoms with Crippen LogP contribution in [0.15, 0.2) is 42.5 Å². The highest BCUT2D eigenvalue weighted by molar-refractivity contribution is 5.99. The molecule has 1 atom stereocenters. The summed E-state index contributed by atoms with van der Waals surface area (Å²) >= 11 is 0. The van der Waals surface area contributed by atoms with E-state index in [0.717, 1.165) is 17.0 Å². The van der Waals surface area contributed by atoms with Gasteiger partial charge in [0.25, 0.3) is 5.91 Å². The van der Waals surface area contributed by atoms with E-state index in [9.17, 15) is 9.59 Å². The number of benzene rings is 2. The van der Waals surface area contributed by atoms with Crippen molar-refractivity contribution in [2.45, 2.75) is 46.3 Å². The first-order chi connectivity index (χ1) is 12.8. The Morgan fingerprint density at radius 2 is 1.81 bits per heavy atom. The molecule has 0 unspecified atom stereocenters. The van der Waals surface area contributed by atoms with Crippen molar-refractivity contribution >= 4 is 17.5 Å². The minimum Gasteiger partial charge on any atom is -0.491 e. The van der Waals surface area contributed by atoms with Crippen molar-refractivity contribution in [2.75, 3.05) is 11.4 Å². The van der Waals surface area contributed by atoms with E-state index in [1.165, 1.54) is 5.56 Å². The van der Waals surface area contributed by atoms with E-state index in [-0.39, 0.29) is 24.0 Å². The molecule has 27 heavy (non-hydrogen) atoms. The second-order valence-electron chi connectivity index (χ2n) is 7.34. The van der Waals surface area contributed by atoms with Crippen LogP contribution in [0.4, 0.5) is 5.69 Å². The Bertz CT molecular complexity index is 843. The number of aryl methyl sites for hydroxylation is 2. The van der Waals surface area contributed by atoms with Crippen LogP contribution in [0.2, 0.25) is 0 Å². The molecule has 0 spiro atoms. The highest BCUT2D eigenvalue weighted by atomic mass is 16.5. The molecule has 0 aromatic heterocycles. The summed E-state index contributed by atoms with van der Waals surface area (Å²) in [6.07, 6.45) is 0.401. The summed E-state index contributed by atoms with van der Waals surface area (Å²) in [7, 11) is 0. The zero-order valence-corrected chi connectivity index (χ0v) is 16.3. The lowest BCUT2D eigenvalue weighted by Gasteiger charge is -2.18. The Morgan fingerprint density at radius 3 is 2.44 bits per heavy atom. The lowest BCUT2D eigenvalue weighted by Crippen LogP contribution is -2.37. The maximum atomic E-state index is 12.5. The van der Waals surface area contributed by atoms with Crippen LogP contribution in [0, 0.1) is 13.8 Å². The molecule has 2 amide bonds. The number of nitrogens with one attached hydrogen (secondary N) is 1. The first-order valence-corrected chi connectivity index (χ1v) is 9.28. The Hall–Kier alpha value is -2.82. The third-order valence-corrected chi connectivity index (χ3v) is 4.75. The smallest absolute Gasteiger partial charge is 0.251 e. The average molecular weight is 366 g/mol. The fourth-order valence-corrected chi connectivity index (χ4v) is 3.17. The molecule has 0 saturated carbocycles. The van der Waals surface area contributed by atoms with Gasteiger partial charge in [0, 0.05) is 24.2 Å². The maximum Gasteiger partial charge on any atom is 0.251 e. The highest BCUT2D eigenvalue weighted by Gasteiger charge is 2.31. The van der Waals surface area contributed by atoms with E-state index >= 15 is 0 Å². The summed E-state index contributed by atoms with van der Waals surface area (Å²) in [5, 5.41) is 2.97. The molecule has 0 aliphatic carbocycles. The molecule has 1 aliphatic rings. The Labute approximate surface area is 160 Å². The van der Waals surface area contributed by atoms with Crippen LogP contribution in [-0.2, 0) is 4.79 Å². The number of hydrogen-bond acceptors (Lipinski definition) is 3. The van der Waals surface area contributed by atoms with Crippen molar-refractivity contribution < 1.29 is 14.3 Å². The largest absolute Gasteiger partial charge is 0.491 e. The van der Waals surface area contributed by atoms with Gasteiger partial charge in [0.15, 0.2) is 0 Å². The van der Waals surface area contributed by atoms with Crippen LogP contribution in [0.5, 0.6) is 5.75 Å². The Morgan fingerprint density at radius 1 is 1.11 bits per heavy atom. The molecular weight excluding hydrogens is 340 g/mol. The summed E-state index contributed by atoms with van der Waals surface area (Å²) in [5.74, 6) is 0.591. The monoisotopic (exact) mass is 366 g/mol. The minimum atomic E-state index is -0.196. The molecule has 1 N–H and O–H groups in total. The van der Waals surface area contributed by atoms with Crippen LogP contribution in [0.3, 0.4) is 0 Å². The number of ether oxygens (including phenoxy) is 1. The standard InChI is InChI=1S/C22H26N2O3/c1-14(2)27-20-9-6-17(7-10-20)22(26)23-18-12-21(25)24(13-18)19-8-5-15(3)16(4)11-19/h5-11,14,18H,12-13H2,1-4H3,(H,23,26)/t18-/m0/s1. The molecule has 1 heterocycles. The summed E-state index contributed by atoms with van der Waals surface area (Å²) in [6.45, 7) is 8.48. The van der Waals surface area contributed by atoms with Gasteiger partial charge in [-0.3, -0.25) is 9.59 Å². The summed E-state index contributed by atoms with van der Waals surface area (Å²) in [4.78, 5) is 26.7. The zero-order valence-electron chi connectivity index (χ0n) is 16.3. The van der Waals surface area contributed by atoms with Crippen LogP contribution in [-0.4, -0.2) is 30.5 Å². The third kappa shape index (κ3) is 4.48. The highest BCUT2D eigenvalue weighted by Crippen LogP contribution is 2.24. The number of amides is 2. The van der Waals surface area contributed by atoms with Crippen LogP contribution in [0.1, 0.15) is 41.8 Å². The van der Waals surface area contributed by atoms with Crippen LogP contribution >= 0.6 is 0 Å². The van der Waals surface area contributed by atoms with Crippen molar-refractivity contribution in [3.63, 3.8) is 0 Å². The molecule has 142 valence electrons. The molecule has 5 nitrogen and oxygen atoms in total. The molecule has 3 rings (SSSR count). The second kappa shape index (κ2) is 7.82. The van der Waals surface area contributed by atoms with Crippen LogP contribution < -0.4 is 15.0 Å². The van der Waals surface area contributed by atoms with Gasteiger partial charge in [-0.2, -0.15) is 0 Å². The zero-order chi connectivity index (χ0) is 19.6. The molecule has 0 bridgehead atoms. The molecule has 5 heteroatoms. The van der Waals surface area contributed by atoms with Gasteiger partial charge in [0.1, 0.15) is 5.75 Å². The lowest BCUT2D eigenvalue weighted by atomic mass is 10.1. The second-order valence-corrected chi connectivity index (χ2v) is 7.34. The number of anilines is 1. The van der Waals surface area contributed by atoms with Crippen molar-refractivity contribution in [2.24, 2.45) is 0 Å². The fourth-order valence-electron chi connectivity index (χ4n) is 3.17. The summed E-state index contributed by atoms with van der Waals surface area (Å²) in [5.41, 5.74) is 3.79. The first kappa shape index (κ1) is 19.0. The average Bonchev–Trinajstić information content (AvgIpc) is 2.97. The van der Waals surface area contributed by atoms with Gasteiger partial charge in [-0.1, -0.05) is 6.07 Å². The van der Waals surface area contributed by atoms with E-state index in [2.05, 4.69) is 5.32 Å². The van der Waals surface area contributed by atoms with Crippen LogP contribution in [0.25, 0.3) is 0 Å². The molecule has 2 aromatic carbocycles. The Kier molecular flexibility index (Phi) is 5.49. The quantitative estimate of drug-likeness (QED) is 0.879. The predicted molar refractivity (Wildman–Crippen MR) is 106 cm³/mol. The summed E-state index contributed by atoms with van der Waals surface area (Å²) < 4.78 is 5.59. The van der Waals surface area contributed by atoms with E-state index in [1.54, 1.807) is 29.2 Å². The van der Waals surface area contributed by atoms with Gasteiger partial charge in [0.05, 0.1) is 12.1 Å². The molecule has 1 saturated heterocycles. The van der Waals surface area contributed by atoms with E-state index in [1.807, 2.05) is 45.9 Å². The normalized spacial score (nSPS) is 16.7. The number of carbonyl (C=O) groups is 2. The van der Waals surface area contributed by atoms with Crippen molar-refractivity contribution in [3.8, 4) is 5.75 Å². The van der Waals surface area contributed by atoms with E-state index in [0.29, 0.717) is 18.5 Å². The molecule has 1 aliphatic heterocycles. The third-order valence-electron chi connectivity index (χ3n) is 4.75. The number of nitrogens with zero attached hydrogens (tertiary/aromatic N) is 1. The van der Waals surface area contributed by atoms with Gasteiger partial charge in [-0.25, -0.2) is 0 Å². The van der Waals surface area contributed by atoms with Gasteiger partial charge >= 0.3 is 0 Å². The lowest BCUT2D eigenvalue weighted by molar-refractivity contribution is -0.117. The molecular formula is C22H26N2O3. The van der Waals surface area contributed by atoms with Crippen molar-refractivity contribution in [3.05, 3.63) is 59.2 Å². The number of hydrogen-bond donors (Lipinski definition) is 1. The van der Waals surface area contributed by atoms with E-state index < -0.39 is 0 Å². The molecule has 1 fully saturated rings. The summed E-state index contributed by atoms with van der Waals surface area (Å²) in [6, 6.07) is 12.9. The first-order valence-electron chi connectivity index (χ1n) is 9.28. The Balaban J connectivity index is 1.63. The van der Waals surface area contributed by atoms with Gasteiger partial charge in [-0.05, 0) is 75.2 Å².